The Bertz CT molecular complexity index is 2600. The summed E-state index contributed by atoms with van der Waals surface area (Å²) in [5.74, 6) is 0.266. The van der Waals surface area contributed by atoms with Gasteiger partial charge in [0, 0.05) is 28.1 Å². The standard InChI is InChI=1S/C44H28N2/c1-2-13-29(14-3-1)46-39-24-20-27-10-4-5-15-31(27)42(39)36-23-25-40-43(44(36)46)35-16-6-7-19-38(35)45(40)30-21-22-32-33-17-8-11-28-12-9-18-34(41(28)33)37(32)26-30/h1-26,39,42H. The molecule has 46 heavy (non-hydrogen) atoms. The van der Waals surface area contributed by atoms with Crippen molar-refractivity contribution in [2.45, 2.75) is 12.0 Å². The lowest BCUT2D eigenvalue weighted by Crippen LogP contribution is -2.30. The van der Waals surface area contributed by atoms with Gasteiger partial charge in [-0.3, -0.25) is 0 Å². The molecule has 2 heterocycles. The van der Waals surface area contributed by atoms with Gasteiger partial charge >= 0.3 is 0 Å². The van der Waals surface area contributed by atoms with Crippen molar-refractivity contribution in [2.75, 3.05) is 4.90 Å². The molecule has 2 unspecified atom stereocenters. The Balaban J connectivity index is 1.21. The number of nitrogens with zero attached hydrogens (tertiary/aromatic N) is 2. The Morgan fingerprint density at radius 1 is 0.478 bits per heavy atom. The molecule has 11 rings (SSSR count). The Kier molecular flexibility index (Phi) is 4.71. The Morgan fingerprint density at radius 3 is 2.15 bits per heavy atom. The van der Waals surface area contributed by atoms with E-state index in [1.807, 2.05) is 0 Å². The van der Waals surface area contributed by atoms with Crippen LogP contribution in [0.5, 0.6) is 0 Å². The van der Waals surface area contributed by atoms with E-state index in [1.165, 1.54) is 88.6 Å². The molecule has 2 atom stereocenters. The average molecular weight is 585 g/mol. The van der Waals surface area contributed by atoms with Gasteiger partial charge in [0.05, 0.1) is 22.8 Å². The van der Waals surface area contributed by atoms with Crippen LogP contribution in [0.25, 0.3) is 66.6 Å². The van der Waals surface area contributed by atoms with Crippen molar-refractivity contribution in [3.05, 3.63) is 168 Å². The molecule has 0 fully saturated rings. The van der Waals surface area contributed by atoms with E-state index >= 15 is 0 Å². The monoisotopic (exact) mass is 584 g/mol. The summed E-state index contributed by atoms with van der Waals surface area (Å²) in [7, 11) is 0. The smallest absolute Gasteiger partial charge is 0.0636 e. The Hall–Kier alpha value is -5.86. The number of para-hydroxylation sites is 2. The molecule has 0 bridgehead atoms. The molecule has 3 aliphatic rings. The van der Waals surface area contributed by atoms with E-state index in [1.54, 1.807) is 0 Å². The molecular formula is C44H28N2. The quantitative estimate of drug-likeness (QED) is 0.196. The van der Waals surface area contributed by atoms with Crippen molar-refractivity contribution in [1.82, 2.24) is 4.57 Å². The number of aromatic nitrogens is 1. The van der Waals surface area contributed by atoms with Crippen molar-refractivity contribution in [3.63, 3.8) is 0 Å². The van der Waals surface area contributed by atoms with E-state index in [9.17, 15) is 0 Å². The van der Waals surface area contributed by atoms with E-state index in [0.29, 0.717) is 0 Å². The second kappa shape index (κ2) is 8.87. The van der Waals surface area contributed by atoms with Gasteiger partial charge in [0.1, 0.15) is 0 Å². The molecule has 2 heteroatoms. The molecular weight excluding hydrogens is 556 g/mol. The van der Waals surface area contributed by atoms with Gasteiger partial charge in [-0.25, -0.2) is 0 Å². The first-order valence-electron chi connectivity index (χ1n) is 16.2. The van der Waals surface area contributed by atoms with Crippen molar-refractivity contribution in [1.29, 1.82) is 0 Å². The zero-order valence-corrected chi connectivity index (χ0v) is 25.1. The predicted octanol–water partition coefficient (Wildman–Crippen LogP) is 11.3. The van der Waals surface area contributed by atoms with E-state index in [0.717, 1.165) is 0 Å². The maximum atomic E-state index is 2.60. The third kappa shape index (κ3) is 3.06. The fraction of sp³-hybridized carbons (Fsp3) is 0.0455. The van der Waals surface area contributed by atoms with Gasteiger partial charge in [0.25, 0.3) is 0 Å². The van der Waals surface area contributed by atoms with Crippen molar-refractivity contribution >= 4 is 50.0 Å². The lowest BCUT2D eigenvalue weighted by Gasteiger charge is -2.31. The van der Waals surface area contributed by atoms with Crippen LogP contribution in [0, 0.1) is 0 Å². The maximum Gasteiger partial charge on any atom is 0.0636 e. The normalized spacial score (nSPS) is 17.0. The van der Waals surface area contributed by atoms with E-state index in [4.69, 9.17) is 0 Å². The molecule has 1 aliphatic heterocycles. The zero-order valence-electron chi connectivity index (χ0n) is 25.1. The number of benzene rings is 7. The minimum Gasteiger partial charge on any atom is -0.333 e. The Labute approximate surface area is 267 Å². The molecule has 0 amide bonds. The molecule has 7 aromatic carbocycles. The van der Waals surface area contributed by atoms with Gasteiger partial charge in [-0.05, 0) is 86.1 Å². The topological polar surface area (TPSA) is 8.17 Å². The summed E-state index contributed by atoms with van der Waals surface area (Å²) in [6, 6.07) is 54.3. The summed E-state index contributed by atoms with van der Waals surface area (Å²) in [4.78, 5) is 2.60. The second-order valence-electron chi connectivity index (χ2n) is 12.9. The van der Waals surface area contributed by atoms with E-state index < -0.39 is 0 Å². The minimum atomic E-state index is 0.207. The van der Waals surface area contributed by atoms with Gasteiger partial charge in [-0.15, -0.1) is 0 Å². The van der Waals surface area contributed by atoms with Gasteiger partial charge < -0.3 is 9.47 Å². The molecule has 0 saturated carbocycles. The summed E-state index contributed by atoms with van der Waals surface area (Å²) in [6.07, 6.45) is 4.74. The molecule has 214 valence electrons. The Morgan fingerprint density at radius 2 is 1.26 bits per heavy atom. The van der Waals surface area contributed by atoms with Crippen LogP contribution in [0.4, 0.5) is 11.4 Å². The molecule has 2 aliphatic carbocycles. The fourth-order valence-corrected chi connectivity index (χ4v) is 8.83. The van der Waals surface area contributed by atoms with Crippen LogP contribution in [0.3, 0.4) is 0 Å². The highest BCUT2D eigenvalue weighted by Gasteiger charge is 2.42. The zero-order chi connectivity index (χ0) is 29.9. The number of rotatable bonds is 2. The van der Waals surface area contributed by atoms with Crippen LogP contribution >= 0.6 is 0 Å². The van der Waals surface area contributed by atoms with Crippen LogP contribution < -0.4 is 4.90 Å². The van der Waals surface area contributed by atoms with Gasteiger partial charge in [-0.2, -0.15) is 0 Å². The molecule has 0 N–H and O–H groups in total. The number of hydrogen-bond acceptors (Lipinski definition) is 1. The second-order valence-corrected chi connectivity index (χ2v) is 12.9. The number of anilines is 2. The molecule has 0 saturated heterocycles. The fourth-order valence-electron chi connectivity index (χ4n) is 8.83. The summed E-state index contributed by atoms with van der Waals surface area (Å²) in [5.41, 5.74) is 15.7. The highest BCUT2D eigenvalue weighted by atomic mass is 15.2. The van der Waals surface area contributed by atoms with E-state index in [2.05, 4.69) is 167 Å². The van der Waals surface area contributed by atoms with Gasteiger partial charge in [-0.1, -0.05) is 121 Å². The number of fused-ring (bicyclic) bond motifs is 12. The number of hydrogen-bond donors (Lipinski definition) is 0. The van der Waals surface area contributed by atoms with Gasteiger partial charge in [0.15, 0.2) is 0 Å². The molecule has 1 aromatic heterocycles. The summed E-state index contributed by atoms with van der Waals surface area (Å²) < 4.78 is 2.49. The highest BCUT2D eigenvalue weighted by molar-refractivity contribution is 6.18. The molecule has 0 radical (unpaired) electrons. The van der Waals surface area contributed by atoms with Crippen LogP contribution in [0.1, 0.15) is 22.6 Å². The van der Waals surface area contributed by atoms with E-state index in [-0.39, 0.29) is 12.0 Å². The minimum absolute atomic E-state index is 0.207. The highest BCUT2D eigenvalue weighted by Crippen LogP contribution is 2.56. The molecule has 2 nitrogen and oxygen atoms in total. The first-order chi connectivity index (χ1) is 22.8. The summed E-state index contributed by atoms with van der Waals surface area (Å²) >= 11 is 0. The maximum absolute atomic E-state index is 2.60. The van der Waals surface area contributed by atoms with Crippen molar-refractivity contribution in [3.8, 4) is 27.9 Å². The van der Waals surface area contributed by atoms with Crippen LogP contribution in [-0.4, -0.2) is 10.6 Å². The van der Waals surface area contributed by atoms with Gasteiger partial charge in [0.2, 0.25) is 0 Å². The van der Waals surface area contributed by atoms with Crippen LogP contribution in [0.2, 0.25) is 0 Å². The first-order valence-corrected chi connectivity index (χ1v) is 16.2. The third-order valence-corrected chi connectivity index (χ3v) is 10.6. The predicted molar refractivity (Wildman–Crippen MR) is 192 cm³/mol. The lowest BCUT2D eigenvalue weighted by molar-refractivity contribution is 0.725. The molecule has 8 aromatic rings. The first kappa shape index (κ1) is 24.5. The average Bonchev–Trinajstić information content (AvgIpc) is 3.75. The largest absolute Gasteiger partial charge is 0.333 e. The van der Waals surface area contributed by atoms with Crippen LogP contribution in [0.15, 0.2) is 152 Å². The summed E-state index contributed by atoms with van der Waals surface area (Å²) in [6.45, 7) is 0. The van der Waals surface area contributed by atoms with Crippen molar-refractivity contribution in [2.24, 2.45) is 0 Å². The lowest BCUT2D eigenvalue weighted by atomic mass is 9.81. The summed E-state index contributed by atoms with van der Waals surface area (Å²) in [5, 5.41) is 5.28. The van der Waals surface area contributed by atoms with Crippen LogP contribution in [-0.2, 0) is 0 Å². The SMILES string of the molecule is C1=CC2C(c3ccccc31)c1ccc3c(c1N2c1ccccc1)c1ccccc1n3-c1ccc2c(c1)-c1cccc3cccc-2c13. The third-order valence-electron chi connectivity index (χ3n) is 10.6. The van der Waals surface area contributed by atoms with Crippen molar-refractivity contribution < 1.29 is 0 Å². The molecule has 0 spiro atoms.